The summed E-state index contributed by atoms with van der Waals surface area (Å²) in [4.78, 5) is 12.1. The monoisotopic (exact) mass is 448 g/mol. The molecule has 0 radical (unpaired) electrons. The van der Waals surface area contributed by atoms with E-state index in [1.54, 1.807) is 6.92 Å². The molecule has 0 amide bonds. The minimum absolute atomic E-state index is 0.101. The van der Waals surface area contributed by atoms with Crippen LogP contribution in [0.1, 0.15) is 39.8 Å². The van der Waals surface area contributed by atoms with Gasteiger partial charge >= 0.3 is 7.60 Å². The van der Waals surface area contributed by atoms with Crippen LogP contribution in [0.2, 0.25) is 5.15 Å². The fourth-order valence-corrected chi connectivity index (χ4v) is 5.19. The second-order valence-corrected chi connectivity index (χ2v) is 10.2. The zero-order chi connectivity index (χ0) is 21.2. The Morgan fingerprint density at radius 2 is 2.07 bits per heavy atom. The Hall–Kier alpha value is -1.17. The number of nitrogens with zero attached hydrogens (tertiary/aromatic N) is 4. The van der Waals surface area contributed by atoms with E-state index in [9.17, 15) is 19.9 Å². The topological polar surface area (TPSA) is 152 Å². The highest BCUT2D eigenvalue weighted by Crippen LogP contribution is 2.78. The first-order valence-corrected chi connectivity index (χ1v) is 11.0. The number of fused-ring (bicyclic) bond motifs is 1. The Morgan fingerprint density at radius 3 is 2.69 bits per heavy atom. The molecule has 11 nitrogen and oxygen atoms in total. The molecule has 2 aliphatic rings. The SMILES string of the molecule is CC[C@@](C)(CC1O[C@@H](n2cnc3c(Cl)ncnc32)[C@H](O)[C@@H]1O)OP1(=O)OC1(C)O. The molecule has 4 rings (SSSR count). The normalized spacial score (nSPS) is 39.0. The second-order valence-electron chi connectivity index (χ2n) is 7.66. The van der Waals surface area contributed by atoms with Crippen molar-refractivity contribution >= 4 is 30.4 Å². The van der Waals surface area contributed by atoms with Crippen molar-refractivity contribution in [2.24, 2.45) is 0 Å². The predicted molar refractivity (Wildman–Crippen MR) is 100.0 cm³/mol. The number of aliphatic hydroxyl groups is 3. The first-order chi connectivity index (χ1) is 13.5. The predicted octanol–water partition coefficient (Wildman–Crippen LogP) is 1.56. The molecule has 29 heavy (non-hydrogen) atoms. The van der Waals surface area contributed by atoms with E-state index in [-0.39, 0.29) is 11.6 Å². The van der Waals surface area contributed by atoms with Crippen molar-refractivity contribution in [3.63, 3.8) is 0 Å². The number of hydrogen-bond donors (Lipinski definition) is 3. The minimum Gasteiger partial charge on any atom is -0.388 e. The Labute approximate surface area is 171 Å². The van der Waals surface area contributed by atoms with E-state index in [1.165, 1.54) is 24.1 Å². The van der Waals surface area contributed by atoms with Gasteiger partial charge in [-0.15, -0.1) is 0 Å². The number of aromatic nitrogens is 4. The molecule has 4 heterocycles. The minimum atomic E-state index is -3.64. The summed E-state index contributed by atoms with van der Waals surface area (Å²) in [7, 11) is -3.64. The third-order valence-electron chi connectivity index (χ3n) is 5.42. The average molecular weight is 449 g/mol. The lowest BCUT2D eigenvalue weighted by Crippen LogP contribution is -2.38. The van der Waals surface area contributed by atoms with Crippen LogP contribution in [0.25, 0.3) is 11.2 Å². The molecule has 160 valence electrons. The van der Waals surface area contributed by atoms with Crippen LogP contribution >= 0.6 is 19.2 Å². The van der Waals surface area contributed by atoms with Crippen molar-refractivity contribution in [1.82, 2.24) is 19.5 Å². The molecule has 0 aliphatic carbocycles. The summed E-state index contributed by atoms with van der Waals surface area (Å²) in [6.07, 6.45) is -1.16. The lowest BCUT2D eigenvalue weighted by molar-refractivity contribution is -0.0631. The molecule has 0 spiro atoms. The second kappa shape index (κ2) is 6.93. The van der Waals surface area contributed by atoms with Crippen LogP contribution in [0.4, 0.5) is 0 Å². The van der Waals surface area contributed by atoms with Crippen LogP contribution in [0, 0.1) is 0 Å². The lowest BCUT2D eigenvalue weighted by Gasteiger charge is -2.31. The van der Waals surface area contributed by atoms with Crippen LogP contribution < -0.4 is 0 Å². The summed E-state index contributed by atoms with van der Waals surface area (Å²) >= 11 is 6.01. The summed E-state index contributed by atoms with van der Waals surface area (Å²) in [6.45, 7) is 4.75. The van der Waals surface area contributed by atoms with Crippen LogP contribution in [0.3, 0.4) is 0 Å². The van der Waals surface area contributed by atoms with Gasteiger partial charge in [-0.05, 0) is 13.3 Å². The van der Waals surface area contributed by atoms with Gasteiger partial charge < -0.3 is 20.1 Å². The highest BCUT2D eigenvalue weighted by molar-refractivity contribution is 7.61. The van der Waals surface area contributed by atoms with E-state index < -0.39 is 43.3 Å². The summed E-state index contributed by atoms with van der Waals surface area (Å²) in [5.41, 5.74) is -2.15. The molecule has 3 N–H and O–H groups in total. The number of halogens is 1. The average Bonchev–Trinajstić information content (AvgIpc) is 2.95. The molecule has 2 aromatic rings. The summed E-state index contributed by atoms with van der Waals surface area (Å²) < 4.78 is 30.2. The molecule has 3 unspecified atom stereocenters. The number of hydrogen-bond acceptors (Lipinski definition) is 10. The zero-order valence-electron chi connectivity index (χ0n) is 16.0. The van der Waals surface area contributed by atoms with Gasteiger partial charge in [0.25, 0.3) is 5.53 Å². The Morgan fingerprint density at radius 1 is 1.38 bits per heavy atom. The molecule has 7 atom stereocenters. The van der Waals surface area contributed by atoms with Gasteiger partial charge in [0.05, 0.1) is 18.0 Å². The van der Waals surface area contributed by atoms with Gasteiger partial charge in [-0.2, -0.15) is 0 Å². The molecule has 13 heteroatoms. The molecular weight excluding hydrogens is 427 g/mol. The van der Waals surface area contributed by atoms with Crippen LogP contribution in [-0.2, 0) is 18.3 Å². The van der Waals surface area contributed by atoms with E-state index in [0.29, 0.717) is 17.6 Å². The van der Waals surface area contributed by atoms with Gasteiger partial charge in [0.15, 0.2) is 17.0 Å². The van der Waals surface area contributed by atoms with Gasteiger partial charge in [0.1, 0.15) is 24.1 Å². The van der Waals surface area contributed by atoms with E-state index in [0.717, 1.165) is 0 Å². The number of imidazole rings is 1. The number of ether oxygens (including phenoxy) is 1. The smallest absolute Gasteiger partial charge is 0.388 e. The van der Waals surface area contributed by atoms with Crippen LogP contribution in [0.5, 0.6) is 0 Å². The van der Waals surface area contributed by atoms with Gasteiger partial charge in [0.2, 0.25) is 0 Å². The van der Waals surface area contributed by atoms with Crippen molar-refractivity contribution in [3.8, 4) is 0 Å². The van der Waals surface area contributed by atoms with Gasteiger partial charge in [-0.3, -0.25) is 18.2 Å². The highest BCUT2D eigenvalue weighted by atomic mass is 35.5. The number of rotatable bonds is 6. The van der Waals surface area contributed by atoms with Crippen LogP contribution in [-0.4, -0.2) is 64.3 Å². The molecule has 0 bridgehead atoms. The van der Waals surface area contributed by atoms with Crippen molar-refractivity contribution in [3.05, 3.63) is 17.8 Å². The maximum absolute atomic E-state index is 12.4. The molecule has 2 aliphatic heterocycles. The van der Waals surface area contributed by atoms with Gasteiger partial charge in [0, 0.05) is 13.3 Å². The molecular formula is C16H22ClN4O7P. The Kier molecular flexibility index (Phi) is 5.04. The largest absolute Gasteiger partial charge is 0.393 e. The summed E-state index contributed by atoms with van der Waals surface area (Å²) in [5, 5.41) is 31.1. The Balaban J connectivity index is 1.55. The third kappa shape index (κ3) is 3.49. The first-order valence-electron chi connectivity index (χ1n) is 9.09. The molecule has 0 aromatic carbocycles. The number of aliphatic hydroxyl groups excluding tert-OH is 2. The quantitative estimate of drug-likeness (QED) is 0.337. The standard InChI is InChI=1S/C16H22ClN4O7P/c1-4-15(2,27-29(25)16(3,24)28-29)5-8-10(22)11(23)14(26-8)21-7-20-9-12(17)18-6-19-13(9)21/h6-8,10-11,14,22-24H,4-5H2,1-3H3/t8?,10-,11-,14-,15+,16?,29?/m1/s1. The van der Waals surface area contributed by atoms with Crippen molar-refractivity contribution in [1.29, 1.82) is 0 Å². The van der Waals surface area contributed by atoms with Crippen molar-refractivity contribution in [2.45, 2.75) is 69.3 Å². The molecule has 2 aromatic heterocycles. The third-order valence-corrected chi connectivity index (χ3v) is 7.91. The van der Waals surface area contributed by atoms with E-state index >= 15 is 0 Å². The van der Waals surface area contributed by atoms with Gasteiger partial charge in [-0.1, -0.05) is 18.5 Å². The van der Waals surface area contributed by atoms with E-state index in [1.807, 2.05) is 6.92 Å². The van der Waals surface area contributed by atoms with Crippen LogP contribution in [0.15, 0.2) is 12.7 Å². The lowest BCUT2D eigenvalue weighted by atomic mass is 9.93. The van der Waals surface area contributed by atoms with Gasteiger partial charge in [-0.25, -0.2) is 15.0 Å². The summed E-state index contributed by atoms with van der Waals surface area (Å²) in [6, 6.07) is 0. The van der Waals surface area contributed by atoms with Crippen molar-refractivity contribution < 1.29 is 33.7 Å². The Bertz CT molecular complexity index is 987. The maximum Gasteiger partial charge on any atom is 0.393 e. The molecule has 2 saturated heterocycles. The summed E-state index contributed by atoms with van der Waals surface area (Å²) in [5.74, 6) is 0. The first kappa shape index (κ1) is 21.1. The zero-order valence-corrected chi connectivity index (χ0v) is 17.6. The van der Waals surface area contributed by atoms with E-state index in [2.05, 4.69) is 15.0 Å². The highest BCUT2D eigenvalue weighted by Gasteiger charge is 2.68. The molecule has 2 fully saturated rings. The fourth-order valence-electron chi connectivity index (χ4n) is 3.41. The maximum atomic E-state index is 12.4. The fraction of sp³-hybridized carbons (Fsp3) is 0.688. The van der Waals surface area contributed by atoms with Crippen molar-refractivity contribution in [2.75, 3.05) is 0 Å². The van der Waals surface area contributed by atoms with E-state index in [4.69, 9.17) is 25.4 Å². The molecule has 0 saturated carbocycles.